The van der Waals surface area contributed by atoms with E-state index in [0.717, 1.165) is 11.3 Å². The van der Waals surface area contributed by atoms with Gasteiger partial charge in [0.1, 0.15) is 0 Å². The highest BCUT2D eigenvalue weighted by Crippen LogP contribution is 2.17. The fraction of sp³-hybridized carbons (Fsp3) is 0.350. The van der Waals surface area contributed by atoms with Gasteiger partial charge in [-0.05, 0) is 31.2 Å². The molecule has 1 heterocycles. The van der Waals surface area contributed by atoms with E-state index in [2.05, 4.69) is 10.2 Å². The molecule has 1 saturated heterocycles. The van der Waals surface area contributed by atoms with Crippen molar-refractivity contribution in [2.24, 2.45) is 0 Å². The van der Waals surface area contributed by atoms with Crippen LogP contribution in [-0.4, -0.2) is 57.1 Å². The second kappa shape index (κ2) is 8.54. The SMILES string of the molecule is Cc1cccc(C(=O)NCCS(=O)(=O)N2CCN(c3ccccc3)CC2)c1. The van der Waals surface area contributed by atoms with E-state index in [4.69, 9.17) is 0 Å². The minimum atomic E-state index is -3.38. The Hall–Kier alpha value is -2.38. The van der Waals surface area contributed by atoms with Gasteiger partial charge in [-0.2, -0.15) is 4.31 Å². The van der Waals surface area contributed by atoms with Gasteiger partial charge in [0.25, 0.3) is 5.91 Å². The third-order valence-corrected chi connectivity index (χ3v) is 6.55. The lowest BCUT2D eigenvalue weighted by atomic mass is 10.1. The van der Waals surface area contributed by atoms with Crippen LogP contribution in [0.15, 0.2) is 54.6 Å². The van der Waals surface area contributed by atoms with E-state index in [1.807, 2.05) is 49.4 Å². The van der Waals surface area contributed by atoms with Gasteiger partial charge in [0, 0.05) is 44.0 Å². The molecule has 0 aliphatic carbocycles. The predicted octanol–water partition coefficient (Wildman–Crippen LogP) is 1.88. The summed E-state index contributed by atoms with van der Waals surface area (Å²) < 4.78 is 26.6. The van der Waals surface area contributed by atoms with Gasteiger partial charge in [-0.3, -0.25) is 4.79 Å². The van der Waals surface area contributed by atoms with Crippen LogP contribution in [0.3, 0.4) is 0 Å². The van der Waals surface area contributed by atoms with Crippen molar-refractivity contribution in [3.8, 4) is 0 Å². The molecule has 144 valence electrons. The van der Waals surface area contributed by atoms with Crippen molar-refractivity contribution in [1.82, 2.24) is 9.62 Å². The van der Waals surface area contributed by atoms with Crippen molar-refractivity contribution in [3.05, 3.63) is 65.7 Å². The lowest BCUT2D eigenvalue weighted by Crippen LogP contribution is -2.50. The van der Waals surface area contributed by atoms with E-state index in [-0.39, 0.29) is 18.2 Å². The number of sulfonamides is 1. The maximum Gasteiger partial charge on any atom is 0.251 e. The number of hydrogen-bond acceptors (Lipinski definition) is 4. The first-order chi connectivity index (χ1) is 13.0. The minimum Gasteiger partial charge on any atom is -0.369 e. The lowest BCUT2D eigenvalue weighted by molar-refractivity contribution is 0.0956. The van der Waals surface area contributed by atoms with Crippen LogP contribution in [0.5, 0.6) is 0 Å². The third-order valence-electron chi connectivity index (χ3n) is 4.68. The smallest absolute Gasteiger partial charge is 0.251 e. The van der Waals surface area contributed by atoms with Crippen LogP contribution < -0.4 is 10.2 Å². The van der Waals surface area contributed by atoms with Crippen LogP contribution >= 0.6 is 0 Å². The number of rotatable bonds is 6. The number of para-hydroxylation sites is 1. The van der Waals surface area contributed by atoms with Gasteiger partial charge in [-0.15, -0.1) is 0 Å². The topological polar surface area (TPSA) is 69.7 Å². The fourth-order valence-electron chi connectivity index (χ4n) is 3.17. The van der Waals surface area contributed by atoms with Gasteiger partial charge in [0.15, 0.2) is 0 Å². The molecule has 1 amide bonds. The van der Waals surface area contributed by atoms with Crippen molar-refractivity contribution in [2.45, 2.75) is 6.92 Å². The summed E-state index contributed by atoms with van der Waals surface area (Å²) in [7, 11) is -3.38. The number of aryl methyl sites for hydroxylation is 1. The van der Waals surface area contributed by atoms with E-state index in [9.17, 15) is 13.2 Å². The molecule has 1 N–H and O–H groups in total. The molecule has 0 atom stereocenters. The molecule has 0 aromatic heterocycles. The highest BCUT2D eigenvalue weighted by Gasteiger charge is 2.26. The van der Waals surface area contributed by atoms with Crippen molar-refractivity contribution < 1.29 is 13.2 Å². The molecule has 0 saturated carbocycles. The lowest BCUT2D eigenvalue weighted by Gasteiger charge is -2.35. The van der Waals surface area contributed by atoms with E-state index < -0.39 is 10.0 Å². The molecule has 0 spiro atoms. The molecular weight excluding hydrogens is 362 g/mol. The maximum absolute atomic E-state index is 12.6. The van der Waals surface area contributed by atoms with Crippen molar-refractivity contribution in [3.63, 3.8) is 0 Å². The Morgan fingerprint density at radius 1 is 1.00 bits per heavy atom. The molecule has 6 nitrogen and oxygen atoms in total. The number of carbonyl (C=O) groups is 1. The first-order valence-electron chi connectivity index (χ1n) is 9.08. The van der Waals surface area contributed by atoms with E-state index in [1.54, 1.807) is 12.1 Å². The summed E-state index contributed by atoms with van der Waals surface area (Å²) >= 11 is 0. The molecule has 1 aliphatic rings. The largest absolute Gasteiger partial charge is 0.369 e. The van der Waals surface area contributed by atoms with Crippen molar-refractivity contribution in [2.75, 3.05) is 43.4 Å². The van der Waals surface area contributed by atoms with Crippen molar-refractivity contribution in [1.29, 1.82) is 0 Å². The van der Waals surface area contributed by atoms with Crippen LogP contribution in [0.25, 0.3) is 0 Å². The van der Waals surface area contributed by atoms with E-state index in [1.165, 1.54) is 4.31 Å². The van der Waals surface area contributed by atoms with Gasteiger partial charge < -0.3 is 10.2 Å². The zero-order valence-electron chi connectivity index (χ0n) is 15.5. The Balaban J connectivity index is 1.48. The zero-order valence-corrected chi connectivity index (χ0v) is 16.3. The molecule has 7 heteroatoms. The normalized spacial score (nSPS) is 15.5. The highest BCUT2D eigenvalue weighted by molar-refractivity contribution is 7.89. The molecule has 27 heavy (non-hydrogen) atoms. The molecule has 1 aliphatic heterocycles. The molecular formula is C20H25N3O3S. The first kappa shape index (κ1) is 19.4. The number of carbonyl (C=O) groups excluding carboxylic acids is 1. The van der Waals surface area contributed by atoms with Crippen LogP contribution in [0.1, 0.15) is 15.9 Å². The molecule has 0 radical (unpaired) electrons. The number of anilines is 1. The maximum atomic E-state index is 12.6. The second-order valence-corrected chi connectivity index (χ2v) is 8.75. The average Bonchev–Trinajstić information content (AvgIpc) is 2.68. The summed E-state index contributed by atoms with van der Waals surface area (Å²) in [6.07, 6.45) is 0. The molecule has 2 aromatic carbocycles. The first-order valence-corrected chi connectivity index (χ1v) is 10.7. The summed E-state index contributed by atoms with van der Waals surface area (Å²) in [5, 5.41) is 2.70. The summed E-state index contributed by atoms with van der Waals surface area (Å²) in [6.45, 7) is 4.27. The van der Waals surface area contributed by atoms with Crippen LogP contribution in [0, 0.1) is 6.92 Å². The minimum absolute atomic E-state index is 0.0874. The van der Waals surface area contributed by atoms with Crippen LogP contribution in [0.4, 0.5) is 5.69 Å². The van der Waals surface area contributed by atoms with E-state index in [0.29, 0.717) is 31.7 Å². The van der Waals surface area contributed by atoms with Gasteiger partial charge in [0.05, 0.1) is 5.75 Å². The number of hydrogen-bond donors (Lipinski definition) is 1. The van der Waals surface area contributed by atoms with Crippen LogP contribution in [-0.2, 0) is 10.0 Å². The number of amides is 1. The summed E-state index contributed by atoms with van der Waals surface area (Å²) in [4.78, 5) is 14.3. The number of benzene rings is 2. The Labute approximate surface area is 160 Å². The summed E-state index contributed by atoms with van der Waals surface area (Å²) in [5.41, 5.74) is 2.65. The van der Waals surface area contributed by atoms with Crippen molar-refractivity contribution >= 4 is 21.6 Å². The molecule has 0 bridgehead atoms. The zero-order chi connectivity index (χ0) is 19.3. The van der Waals surface area contributed by atoms with Gasteiger partial charge in [-0.25, -0.2) is 8.42 Å². The fourth-order valence-corrected chi connectivity index (χ4v) is 4.51. The molecule has 3 rings (SSSR count). The Morgan fingerprint density at radius 2 is 1.70 bits per heavy atom. The molecule has 2 aromatic rings. The number of piperazine rings is 1. The molecule has 1 fully saturated rings. The number of nitrogens with one attached hydrogen (secondary N) is 1. The highest BCUT2D eigenvalue weighted by atomic mass is 32.2. The Morgan fingerprint density at radius 3 is 2.37 bits per heavy atom. The predicted molar refractivity (Wildman–Crippen MR) is 108 cm³/mol. The average molecular weight is 388 g/mol. The Bertz CT molecular complexity index is 876. The summed E-state index contributed by atoms with van der Waals surface area (Å²) in [5.74, 6) is -0.335. The van der Waals surface area contributed by atoms with E-state index >= 15 is 0 Å². The second-order valence-electron chi connectivity index (χ2n) is 6.66. The van der Waals surface area contributed by atoms with Gasteiger partial charge in [0.2, 0.25) is 10.0 Å². The monoisotopic (exact) mass is 387 g/mol. The number of nitrogens with zero attached hydrogens (tertiary/aromatic N) is 2. The molecule has 0 unspecified atom stereocenters. The quantitative estimate of drug-likeness (QED) is 0.822. The summed E-state index contributed by atoms with van der Waals surface area (Å²) in [6, 6.07) is 17.2. The standard InChI is InChI=1S/C20H25N3O3S/c1-17-6-5-7-18(16-17)20(24)21-10-15-27(25,26)23-13-11-22(12-14-23)19-8-3-2-4-9-19/h2-9,16H,10-15H2,1H3,(H,21,24). The van der Waals surface area contributed by atoms with Gasteiger partial charge in [-0.1, -0.05) is 35.9 Å². The van der Waals surface area contributed by atoms with Gasteiger partial charge >= 0.3 is 0 Å². The Kier molecular flexibility index (Phi) is 6.13. The third kappa shape index (κ3) is 5.08. The van der Waals surface area contributed by atoms with Crippen LogP contribution in [0.2, 0.25) is 0 Å².